The van der Waals surface area contributed by atoms with Crippen LogP contribution in [-0.4, -0.2) is 31.5 Å². The zero-order valence-electron chi connectivity index (χ0n) is 19.4. The van der Waals surface area contributed by atoms with Gasteiger partial charge in [-0.1, -0.05) is 41.9 Å². The highest BCUT2D eigenvalue weighted by molar-refractivity contribution is 7.93. The van der Waals surface area contributed by atoms with Crippen molar-refractivity contribution in [3.63, 3.8) is 0 Å². The number of hydrogen-bond donors (Lipinski definition) is 4. The zero-order valence-corrected chi connectivity index (χ0v) is 22.6. The Balaban J connectivity index is 1.54. The van der Waals surface area contributed by atoms with E-state index in [1.165, 1.54) is 30.6 Å². The fourth-order valence-electron chi connectivity index (χ4n) is 3.35. The zero-order chi connectivity index (χ0) is 27.4. The van der Waals surface area contributed by atoms with Crippen molar-refractivity contribution in [2.75, 3.05) is 17.3 Å². The number of anilines is 2. The molecular weight excluding hydrogens is 574 g/mol. The second-order valence-corrected chi connectivity index (χ2v) is 11.0. The van der Waals surface area contributed by atoms with Gasteiger partial charge in [-0.05, 0) is 36.5 Å². The van der Waals surface area contributed by atoms with Crippen molar-refractivity contribution in [1.82, 2.24) is 10.7 Å². The van der Waals surface area contributed by atoms with Crippen molar-refractivity contribution in [2.45, 2.75) is 4.90 Å². The summed E-state index contributed by atoms with van der Waals surface area (Å²) in [5.41, 5.74) is 4.71. The van der Waals surface area contributed by atoms with Gasteiger partial charge in [-0.15, -0.1) is 11.3 Å². The molecule has 196 valence electrons. The Kier molecular flexibility index (Phi) is 7.97. The third-order valence-electron chi connectivity index (χ3n) is 5.10. The molecule has 38 heavy (non-hydrogen) atoms. The van der Waals surface area contributed by atoms with E-state index in [0.717, 1.165) is 22.2 Å². The third kappa shape index (κ3) is 5.78. The minimum absolute atomic E-state index is 0.0745. The van der Waals surface area contributed by atoms with Gasteiger partial charge in [0.25, 0.3) is 21.6 Å². The van der Waals surface area contributed by atoms with Crippen molar-refractivity contribution in [2.24, 2.45) is 0 Å². The van der Waals surface area contributed by atoms with Gasteiger partial charge in [-0.25, -0.2) is 8.42 Å². The number of thiocarbonyl (C=S) groups is 1. The monoisotopic (exact) mass is 591 g/mol. The van der Waals surface area contributed by atoms with Crippen molar-refractivity contribution < 1.29 is 22.9 Å². The first kappa shape index (κ1) is 27.1. The van der Waals surface area contributed by atoms with Gasteiger partial charge in [-0.3, -0.25) is 35.8 Å². The largest absolute Gasteiger partial charge is 0.495 e. The normalized spacial score (nSPS) is 11.0. The molecule has 0 aliphatic carbocycles. The quantitative estimate of drug-likeness (QED) is 0.127. The molecule has 4 N–H and O–H groups in total. The average molecular weight is 592 g/mol. The second kappa shape index (κ2) is 11.2. The maximum absolute atomic E-state index is 13.2. The lowest BCUT2D eigenvalue weighted by Gasteiger charge is -2.16. The number of hydrogen-bond acceptors (Lipinski definition) is 9. The first-order valence-electron chi connectivity index (χ1n) is 10.6. The fourth-order valence-corrected chi connectivity index (χ4v) is 6.16. The smallest absolute Gasteiger partial charge is 0.270 e. The molecule has 1 amide bonds. The minimum Gasteiger partial charge on any atom is -0.495 e. The van der Waals surface area contributed by atoms with E-state index in [9.17, 15) is 23.3 Å². The van der Waals surface area contributed by atoms with Crippen molar-refractivity contribution >= 4 is 83.3 Å². The highest BCUT2D eigenvalue weighted by Crippen LogP contribution is 2.35. The molecule has 3 aromatic carbocycles. The molecule has 0 bridgehead atoms. The summed E-state index contributed by atoms with van der Waals surface area (Å²) >= 11 is 12.7. The number of halogens is 1. The first-order chi connectivity index (χ1) is 18.1. The van der Waals surface area contributed by atoms with Gasteiger partial charge in [0.2, 0.25) is 0 Å². The van der Waals surface area contributed by atoms with Crippen LogP contribution in [0, 0.1) is 10.1 Å². The van der Waals surface area contributed by atoms with Gasteiger partial charge in [-0.2, -0.15) is 0 Å². The summed E-state index contributed by atoms with van der Waals surface area (Å²) < 4.78 is 34.8. The Labute approximate surface area is 230 Å². The number of nitro groups is 1. The molecule has 0 fully saturated rings. The SMILES string of the molecule is COc1ccccc1NS(=O)(=O)c1cc([N+](=O)[O-])ccc1NNC(=S)NC(=O)c1sc2ccccc2c1Cl. The Morgan fingerprint density at radius 3 is 2.50 bits per heavy atom. The summed E-state index contributed by atoms with van der Waals surface area (Å²) in [7, 11) is -2.98. The lowest BCUT2D eigenvalue weighted by molar-refractivity contribution is -0.385. The maximum Gasteiger partial charge on any atom is 0.270 e. The highest BCUT2D eigenvalue weighted by Gasteiger charge is 2.24. The van der Waals surface area contributed by atoms with E-state index < -0.39 is 31.4 Å². The standard InChI is InChI=1S/C23H18ClN5O6S3/c1-35-17-8-4-3-7-15(17)28-38(33,34)19-12-13(29(31)32)10-11-16(19)26-27-23(36)25-22(30)21-20(24)14-6-2-5-9-18(14)37-21/h2-12,26,28H,1H3,(H2,25,27,30,36). The number of non-ortho nitro benzene ring substituents is 1. The van der Waals surface area contributed by atoms with Gasteiger partial charge in [0, 0.05) is 22.2 Å². The number of fused-ring (bicyclic) bond motifs is 1. The van der Waals surface area contributed by atoms with Crippen LogP contribution >= 0.6 is 35.2 Å². The maximum atomic E-state index is 13.2. The van der Waals surface area contributed by atoms with Crippen molar-refractivity contribution in [3.8, 4) is 5.75 Å². The number of carbonyl (C=O) groups excluding carboxylic acids is 1. The van der Waals surface area contributed by atoms with Crippen molar-refractivity contribution in [1.29, 1.82) is 0 Å². The van der Waals surface area contributed by atoms with Crippen LogP contribution in [0.15, 0.2) is 71.6 Å². The average Bonchev–Trinajstić information content (AvgIpc) is 3.24. The molecule has 0 atom stereocenters. The number of rotatable bonds is 8. The number of hydrazine groups is 1. The predicted molar refractivity (Wildman–Crippen MR) is 151 cm³/mol. The summed E-state index contributed by atoms with van der Waals surface area (Å²) in [6.45, 7) is 0. The third-order valence-corrected chi connectivity index (χ3v) is 8.38. The van der Waals surface area contributed by atoms with Gasteiger partial charge < -0.3 is 4.74 Å². The van der Waals surface area contributed by atoms with Crippen LogP contribution in [0.5, 0.6) is 5.75 Å². The second-order valence-electron chi connectivity index (χ2n) is 7.52. The summed E-state index contributed by atoms with van der Waals surface area (Å²) in [6, 6.07) is 16.7. The molecule has 0 unspecified atom stereocenters. The predicted octanol–water partition coefficient (Wildman–Crippen LogP) is 4.90. The lowest BCUT2D eigenvalue weighted by atomic mass is 10.2. The molecule has 1 heterocycles. The molecule has 0 aliphatic heterocycles. The number of nitro benzene ring substituents is 1. The van der Waals surface area contributed by atoms with Gasteiger partial charge >= 0.3 is 0 Å². The molecule has 4 aromatic rings. The highest BCUT2D eigenvalue weighted by atomic mass is 35.5. The summed E-state index contributed by atoms with van der Waals surface area (Å²) in [6.07, 6.45) is 0. The Morgan fingerprint density at radius 1 is 1.08 bits per heavy atom. The van der Waals surface area contributed by atoms with E-state index in [-0.39, 0.29) is 32.1 Å². The molecule has 11 nitrogen and oxygen atoms in total. The van der Waals surface area contributed by atoms with E-state index in [1.807, 2.05) is 12.1 Å². The van der Waals surface area contributed by atoms with E-state index in [4.69, 9.17) is 28.6 Å². The van der Waals surface area contributed by atoms with Crippen molar-refractivity contribution in [3.05, 3.63) is 86.7 Å². The summed E-state index contributed by atoms with van der Waals surface area (Å²) in [5, 5.41) is 14.6. The van der Waals surface area contributed by atoms with Crippen LogP contribution in [-0.2, 0) is 10.0 Å². The Hall–Kier alpha value is -3.98. The number of para-hydroxylation sites is 2. The van der Waals surface area contributed by atoms with E-state index in [2.05, 4.69) is 20.9 Å². The number of ether oxygens (including phenoxy) is 1. The van der Waals surface area contributed by atoms with E-state index in [1.54, 1.807) is 30.3 Å². The van der Waals surface area contributed by atoms with Crippen LogP contribution in [0.25, 0.3) is 10.1 Å². The lowest BCUT2D eigenvalue weighted by Crippen LogP contribution is -2.42. The number of benzene rings is 3. The van der Waals surface area contributed by atoms with Crippen LogP contribution in [0.1, 0.15) is 9.67 Å². The molecule has 0 spiro atoms. The Bertz CT molecular complexity index is 1680. The molecule has 0 aliphatic rings. The molecule has 0 saturated heterocycles. The van der Waals surface area contributed by atoms with Crippen LogP contribution in [0.3, 0.4) is 0 Å². The molecule has 1 aromatic heterocycles. The van der Waals surface area contributed by atoms with Gasteiger partial charge in [0.05, 0.1) is 28.4 Å². The molecule has 15 heteroatoms. The molecule has 0 saturated carbocycles. The number of sulfonamides is 1. The summed E-state index contributed by atoms with van der Waals surface area (Å²) in [4.78, 5) is 23.1. The number of methoxy groups -OCH3 is 1. The summed E-state index contributed by atoms with van der Waals surface area (Å²) in [5.74, 6) is -0.317. The van der Waals surface area contributed by atoms with Crippen LogP contribution < -0.4 is 25.6 Å². The number of amides is 1. The molecule has 0 radical (unpaired) electrons. The van der Waals surface area contributed by atoms with E-state index >= 15 is 0 Å². The van der Waals surface area contributed by atoms with Crippen LogP contribution in [0.4, 0.5) is 17.1 Å². The number of thiophene rings is 1. The molecule has 4 rings (SSSR count). The first-order valence-corrected chi connectivity index (χ1v) is 13.7. The van der Waals surface area contributed by atoms with Gasteiger partial charge in [0.1, 0.15) is 15.5 Å². The minimum atomic E-state index is -4.35. The van der Waals surface area contributed by atoms with Gasteiger partial charge in [0.15, 0.2) is 5.11 Å². The number of carbonyl (C=O) groups is 1. The Morgan fingerprint density at radius 2 is 1.79 bits per heavy atom. The number of nitrogens with one attached hydrogen (secondary N) is 4. The molecular formula is C23H18ClN5O6S3. The number of nitrogens with zero attached hydrogens (tertiary/aromatic N) is 1. The topological polar surface area (TPSA) is 152 Å². The fraction of sp³-hybridized carbons (Fsp3) is 0.0435. The van der Waals surface area contributed by atoms with Crippen LogP contribution in [0.2, 0.25) is 5.02 Å². The van der Waals surface area contributed by atoms with E-state index in [0.29, 0.717) is 0 Å².